The molecule has 182 valence electrons. The number of aliphatic hydroxyl groups excluding tert-OH is 1. The summed E-state index contributed by atoms with van der Waals surface area (Å²) in [4.78, 5) is 28.3. The number of urea groups is 1. The van der Waals surface area contributed by atoms with Crippen LogP contribution in [-0.4, -0.2) is 29.3 Å². The molecule has 1 atom stereocenters. The second-order valence-corrected chi connectivity index (χ2v) is 9.33. The summed E-state index contributed by atoms with van der Waals surface area (Å²) in [7, 11) is 0. The largest absolute Gasteiger partial charge is 0.416 e. The minimum atomic E-state index is -4.58. The van der Waals surface area contributed by atoms with E-state index in [0.717, 1.165) is 12.1 Å². The van der Waals surface area contributed by atoms with Crippen molar-refractivity contribution < 1.29 is 27.9 Å². The smallest absolute Gasteiger partial charge is 0.396 e. The van der Waals surface area contributed by atoms with Crippen LogP contribution in [0.15, 0.2) is 58.6 Å². The normalized spacial score (nSPS) is 18.3. The molecule has 2 aromatic rings. The first-order valence-corrected chi connectivity index (χ1v) is 12.0. The van der Waals surface area contributed by atoms with Gasteiger partial charge in [-0.3, -0.25) is 9.69 Å². The molecule has 6 nitrogen and oxygen atoms in total. The van der Waals surface area contributed by atoms with Gasteiger partial charge in [-0.25, -0.2) is 4.79 Å². The number of carbonyl (C=O) groups excluding carboxylic acids is 2. The van der Waals surface area contributed by atoms with Gasteiger partial charge in [0.05, 0.1) is 28.9 Å². The van der Waals surface area contributed by atoms with E-state index in [1.54, 1.807) is 18.2 Å². The van der Waals surface area contributed by atoms with Crippen LogP contribution in [0.25, 0.3) is 0 Å². The average Bonchev–Trinajstić information content (AvgIpc) is 2.83. The molecule has 1 heterocycles. The molecule has 2 amide bonds. The Labute approximate surface area is 204 Å². The molecule has 0 bridgehead atoms. The number of thioether (sulfide) groups is 1. The number of hydrogen-bond donors (Lipinski definition) is 2. The lowest BCUT2D eigenvalue weighted by Crippen LogP contribution is -2.49. The number of nitriles is 1. The summed E-state index contributed by atoms with van der Waals surface area (Å²) in [5, 5.41) is 21.3. The summed E-state index contributed by atoms with van der Waals surface area (Å²) in [6.45, 7) is 0.000174. The molecule has 0 aromatic heterocycles. The van der Waals surface area contributed by atoms with Crippen molar-refractivity contribution in [2.75, 3.05) is 17.3 Å². The third kappa shape index (κ3) is 5.06. The molecule has 2 N–H and O–H groups in total. The van der Waals surface area contributed by atoms with Gasteiger partial charge in [0.15, 0.2) is 5.78 Å². The van der Waals surface area contributed by atoms with Crippen LogP contribution in [0.4, 0.5) is 23.7 Å². The molecule has 0 radical (unpaired) electrons. The first kappa shape index (κ1) is 24.8. The standard InChI is InChI=1S/C25H22F3N3O3S/c26-25(27,28)16-4-1-5-17(13-16)31-19-6-2-7-20(33)22(19)23(30-24(31)34)18-9-8-15(14-29)12-21(18)35-11-3-10-32/h1,4-5,8-9,12-13,23,32H,2-3,6-7,10-11H2,(H,30,34). The van der Waals surface area contributed by atoms with Gasteiger partial charge in [-0.15, -0.1) is 11.8 Å². The number of aliphatic hydroxyl groups is 1. The fourth-order valence-electron chi connectivity index (χ4n) is 4.33. The second kappa shape index (κ2) is 10.1. The molecular weight excluding hydrogens is 479 g/mol. The summed E-state index contributed by atoms with van der Waals surface area (Å²) in [5.74, 6) is 0.388. The predicted molar refractivity (Wildman–Crippen MR) is 125 cm³/mol. The molecule has 1 aliphatic heterocycles. The number of alkyl halides is 3. The number of carbonyl (C=O) groups is 2. The lowest BCUT2D eigenvalue weighted by atomic mass is 9.84. The van der Waals surface area contributed by atoms with Crippen molar-refractivity contribution >= 4 is 29.3 Å². The van der Waals surface area contributed by atoms with E-state index in [1.807, 2.05) is 0 Å². The molecule has 4 rings (SSSR count). The number of nitrogens with zero attached hydrogens (tertiary/aromatic N) is 2. The molecular formula is C25H22F3N3O3S. The summed E-state index contributed by atoms with van der Waals surface area (Å²) < 4.78 is 40.0. The van der Waals surface area contributed by atoms with Crippen molar-refractivity contribution in [1.29, 1.82) is 5.26 Å². The van der Waals surface area contributed by atoms with Gasteiger partial charge in [0, 0.05) is 34.9 Å². The van der Waals surface area contributed by atoms with Crippen LogP contribution < -0.4 is 10.2 Å². The molecule has 0 fully saturated rings. The van der Waals surface area contributed by atoms with Crippen molar-refractivity contribution in [3.05, 3.63) is 70.4 Å². The van der Waals surface area contributed by atoms with Crippen molar-refractivity contribution in [3.8, 4) is 6.07 Å². The SMILES string of the molecule is N#Cc1ccc(C2NC(=O)N(c3cccc(C(F)(F)F)c3)C3=C2C(=O)CCC3)c(SCCCO)c1. The lowest BCUT2D eigenvalue weighted by molar-refractivity contribution is -0.137. The summed E-state index contributed by atoms with van der Waals surface area (Å²) in [6, 6.07) is 10.1. The first-order valence-electron chi connectivity index (χ1n) is 11.1. The Morgan fingerprint density at radius 2 is 1.97 bits per heavy atom. The Morgan fingerprint density at radius 1 is 1.17 bits per heavy atom. The number of anilines is 1. The maximum Gasteiger partial charge on any atom is 0.416 e. The van der Waals surface area contributed by atoms with Gasteiger partial charge >= 0.3 is 12.2 Å². The maximum atomic E-state index is 13.3. The van der Waals surface area contributed by atoms with Crippen LogP contribution in [0.2, 0.25) is 0 Å². The Kier molecular flexibility index (Phi) is 7.19. The van der Waals surface area contributed by atoms with Crippen molar-refractivity contribution in [2.45, 2.75) is 42.8 Å². The molecule has 0 spiro atoms. The molecule has 35 heavy (non-hydrogen) atoms. The van der Waals surface area contributed by atoms with E-state index in [1.165, 1.54) is 28.8 Å². The summed E-state index contributed by atoms with van der Waals surface area (Å²) in [5.41, 5.74) is 0.940. The minimum Gasteiger partial charge on any atom is -0.396 e. The van der Waals surface area contributed by atoms with E-state index in [0.29, 0.717) is 52.3 Å². The monoisotopic (exact) mass is 501 g/mol. The quantitative estimate of drug-likeness (QED) is 0.412. The van der Waals surface area contributed by atoms with Gasteiger partial charge in [-0.1, -0.05) is 12.1 Å². The Bertz CT molecular complexity index is 1240. The second-order valence-electron chi connectivity index (χ2n) is 8.19. The number of allylic oxidation sites excluding steroid dienone is 1. The van der Waals surface area contributed by atoms with Crippen LogP contribution in [-0.2, 0) is 11.0 Å². The first-order chi connectivity index (χ1) is 16.7. The van der Waals surface area contributed by atoms with Gasteiger partial charge in [-0.2, -0.15) is 18.4 Å². The molecule has 2 aliphatic rings. The van der Waals surface area contributed by atoms with Gasteiger partial charge in [0.25, 0.3) is 0 Å². The third-order valence-corrected chi connectivity index (χ3v) is 7.06. The van der Waals surface area contributed by atoms with Crippen LogP contribution in [0.1, 0.15) is 48.4 Å². The number of ketones is 1. The highest BCUT2D eigenvalue weighted by Crippen LogP contribution is 2.43. The number of benzene rings is 2. The zero-order valence-corrected chi connectivity index (χ0v) is 19.4. The van der Waals surface area contributed by atoms with E-state index in [4.69, 9.17) is 5.11 Å². The fourth-order valence-corrected chi connectivity index (χ4v) is 5.39. The Balaban J connectivity index is 1.82. The van der Waals surface area contributed by atoms with Crippen LogP contribution in [0.3, 0.4) is 0 Å². The van der Waals surface area contributed by atoms with Gasteiger partial charge in [-0.05, 0) is 55.2 Å². The molecule has 0 saturated carbocycles. The zero-order chi connectivity index (χ0) is 25.2. The number of nitrogens with one attached hydrogen (secondary N) is 1. The summed E-state index contributed by atoms with van der Waals surface area (Å²) >= 11 is 1.40. The van der Waals surface area contributed by atoms with Crippen LogP contribution in [0, 0.1) is 11.3 Å². The zero-order valence-electron chi connectivity index (χ0n) is 18.6. The van der Waals surface area contributed by atoms with E-state index < -0.39 is 23.8 Å². The van der Waals surface area contributed by atoms with E-state index in [2.05, 4.69) is 11.4 Å². The van der Waals surface area contributed by atoms with Gasteiger partial charge in [0.2, 0.25) is 0 Å². The third-order valence-electron chi connectivity index (χ3n) is 5.90. The van der Waals surface area contributed by atoms with E-state index in [9.17, 15) is 28.0 Å². The van der Waals surface area contributed by atoms with Gasteiger partial charge in [0.1, 0.15) is 0 Å². The minimum absolute atomic E-state index is 0.000174. The highest BCUT2D eigenvalue weighted by Gasteiger charge is 2.41. The van der Waals surface area contributed by atoms with Crippen molar-refractivity contribution in [2.24, 2.45) is 0 Å². The summed E-state index contributed by atoms with van der Waals surface area (Å²) in [6.07, 6.45) is -2.93. The number of hydrogen-bond acceptors (Lipinski definition) is 5. The molecule has 1 unspecified atom stereocenters. The van der Waals surface area contributed by atoms with Crippen molar-refractivity contribution in [3.63, 3.8) is 0 Å². The fraction of sp³-hybridized carbons (Fsp3) is 0.320. The van der Waals surface area contributed by atoms with Crippen LogP contribution in [0.5, 0.6) is 0 Å². The maximum absolute atomic E-state index is 13.3. The number of Topliss-reactive ketones (excluding diaryl/α,β-unsaturated/α-hetero) is 1. The topological polar surface area (TPSA) is 93.4 Å². The predicted octanol–water partition coefficient (Wildman–Crippen LogP) is 5.33. The van der Waals surface area contributed by atoms with Crippen LogP contribution >= 0.6 is 11.8 Å². The average molecular weight is 502 g/mol. The number of amides is 2. The van der Waals surface area contributed by atoms with E-state index >= 15 is 0 Å². The Hall–Kier alpha value is -3.29. The van der Waals surface area contributed by atoms with Gasteiger partial charge < -0.3 is 10.4 Å². The number of rotatable bonds is 6. The lowest BCUT2D eigenvalue weighted by Gasteiger charge is -2.39. The molecule has 0 saturated heterocycles. The number of halogens is 3. The van der Waals surface area contributed by atoms with E-state index in [-0.39, 0.29) is 24.5 Å². The highest BCUT2D eigenvalue weighted by atomic mass is 32.2. The molecule has 1 aliphatic carbocycles. The Morgan fingerprint density at radius 3 is 2.69 bits per heavy atom. The highest BCUT2D eigenvalue weighted by molar-refractivity contribution is 7.99. The molecule has 2 aromatic carbocycles. The van der Waals surface area contributed by atoms with Crippen molar-refractivity contribution in [1.82, 2.24) is 5.32 Å². The molecule has 10 heteroatoms.